The Morgan fingerprint density at radius 3 is 2.63 bits per heavy atom. The fourth-order valence-electron chi connectivity index (χ4n) is 4.52. The van der Waals surface area contributed by atoms with E-state index in [-0.39, 0.29) is 18.0 Å². The van der Waals surface area contributed by atoms with Crippen molar-refractivity contribution in [3.63, 3.8) is 0 Å². The van der Waals surface area contributed by atoms with Crippen LogP contribution < -0.4 is 10.9 Å². The first-order chi connectivity index (χ1) is 18.4. The van der Waals surface area contributed by atoms with Crippen LogP contribution in [0.1, 0.15) is 30.4 Å². The second kappa shape index (κ2) is 10.9. The average molecular weight is 591 g/mol. The number of benzene rings is 3. The molecule has 0 aliphatic heterocycles. The molecule has 0 saturated heterocycles. The van der Waals surface area contributed by atoms with Gasteiger partial charge in [0.25, 0.3) is 5.56 Å². The monoisotopic (exact) mass is 589 g/mol. The summed E-state index contributed by atoms with van der Waals surface area (Å²) in [7, 11) is 0. The van der Waals surface area contributed by atoms with Gasteiger partial charge in [-0.1, -0.05) is 52.7 Å². The number of carbonyl (C=O) groups excluding carboxylic acids is 1. The lowest BCUT2D eigenvalue weighted by atomic mass is 10.1. The molecule has 7 nitrogen and oxygen atoms in total. The lowest BCUT2D eigenvalue weighted by Crippen LogP contribution is -2.22. The predicted molar refractivity (Wildman–Crippen MR) is 157 cm³/mol. The fourth-order valence-corrected chi connectivity index (χ4v) is 5.00. The number of fused-ring (bicyclic) bond motifs is 2. The number of nitrogens with one attached hydrogen (secondary N) is 1. The number of amides is 1. The van der Waals surface area contributed by atoms with Crippen LogP contribution in [0.2, 0.25) is 5.02 Å². The molecule has 0 aliphatic carbocycles. The van der Waals surface area contributed by atoms with Gasteiger partial charge >= 0.3 is 0 Å². The normalized spacial score (nSPS) is 11.6. The molecule has 0 atom stereocenters. The molecule has 2 heterocycles. The molecular formula is C29H25BrClN5O2. The molecule has 0 spiro atoms. The summed E-state index contributed by atoms with van der Waals surface area (Å²) in [6.45, 7) is 4.11. The van der Waals surface area contributed by atoms with Crippen LogP contribution in [-0.4, -0.2) is 26.3 Å². The van der Waals surface area contributed by atoms with Gasteiger partial charge < -0.3 is 9.88 Å². The molecule has 1 N–H and O–H groups in total. The molecular weight excluding hydrogens is 566 g/mol. The molecule has 9 heteroatoms. The number of rotatable bonds is 7. The molecule has 0 radical (unpaired) electrons. The van der Waals surface area contributed by atoms with Crippen molar-refractivity contribution in [2.75, 3.05) is 5.32 Å². The van der Waals surface area contributed by atoms with Crippen molar-refractivity contribution in [2.24, 2.45) is 5.10 Å². The summed E-state index contributed by atoms with van der Waals surface area (Å²) in [6.07, 6.45) is 3.13. The van der Waals surface area contributed by atoms with Crippen LogP contribution in [-0.2, 0) is 17.8 Å². The van der Waals surface area contributed by atoms with Crippen LogP contribution in [0.5, 0.6) is 0 Å². The first-order valence-corrected chi connectivity index (χ1v) is 13.4. The number of nitrogens with zero attached hydrogens (tertiary/aromatic N) is 4. The lowest BCUT2D eigenvalue weighted by molar-refractivity contribution is -0.116. The number of anilines is 1. The Labute approximate surface area is 232 Å². The van der Waals surface area contributed by atoms with Crippen LogP contribution in [0.25, 0.3) is 21.8 Å². The summed E-state index contributed by atoms with van der Waals surface area (Å²) in [4.78, 5) is 31.0. The number of hydrogen-bond donors (Lipinski definition) is 1. The smallest absolute Gasteiger partial charge is 0.282 e. The number of halogens is 2. The summed E-state index contributed by atoms with van der Waals surface area (Å²) in [5.41, 5.74) is 3.70. The molecule has 5 aromatic rings. The Balaban J connectivity index is 1.54. The highest BCUT2D eigenvalue weighted by Gasteiger charge is 2.16. The first-order valence-electron chi connectivity index (χ1n) is 12.2. The van der Waals surface area contributed by atoms with Gasteiger partial charge in [-0.25, -0.2) is 4.98 Å². The van der Waals surface area contributed by atoms with E-state index in [9.17, 15) is 9.59 Å². The minimum absolute atomic E-state index is 0.120. The summed E-state index contributed by atoms with van der Waals surface area (Å²) in [5, 5.41) is 9.59. The summed E-state index contributed by atoms with van der Waals surface area (Å²) < 4.78 is 4.14. The molecule has 38 heavy (non-hydrogen) atoms. The molecule has 0 fully saturated rings. The number of carbonyl (C=O) groups is 1. The van der Waals surface area contributed by atoms with E-state index in [1.165, 1.54) is 4.68 Å². The Kier molecular flexibility index (Phi) is 7.44. The summed E-state index contributed by atoms with van der Waals surface area (Å²) in [5.74, 6) is 0.442. The van der Waals surface area contributed by atoms with E-state index in [1.807, 2.05) is 54.8 Å². The van der Waals surface area contributed by atoms with Crippen LogP contribution >= 0.6 is 27.5 Å². The molecule has 0 saturated carbocycles. The van der Waals surface area contributed by atoms with E-state index in [4.69, 9.17) is 16.6 Å². The van der Waals surface area contributed by atoms with Crippen molar-refractivity contribution in [3.8, 4) is 0 Å². The van der Waals surface area contributed by atoms with E-state index in [1.54, 1.807) is 36.5 Å². The van der Waals surface area contributed by atoms with Crippen LogP contribution in [0.3, 0.4) is 0 Å². The zero-order valence-electron chi connectivity index (χ0n) is 20.9. The van der Waals surface area contributed by atoms with Gasteiger partial charge in [0.1, 0.15) is 12.4 Å². The van der Waals surface area contributed by atoms with Crippen molar-refractivity contribution in [2.45, 2.75) is 33.2 Å². The molecule has 0 bridgehead atoms. The number of aromatic nitrogens is 3. The van der Waals surface area contributed by atoms with Gasteiger partial charge in [-0.05, 0) is 61.9 Å². The Hall–Kier alpha value is -3.75. The topological polar surface area (TPSA) is 81.3 Å². The van der Waals surface area contributed by atoms with E-state index < -0.39 is 0 Å². The van der Waals surface area contributed by atoms with Gasteiger partial charge in [0, 0.05) is 43.8 Å². The number of aryl methyl sites for hydroxylation is 1. The third kappa shape index (κ3) is 5.14. The standard InChI is InChI=1S/C29H25BrClN5O2/c1-3-6-27-34-25-14-9-19(30)15-23(25)29(38)36(27)32-16-24-18(2)35(26-8-5-4-7-22(24)26)17-28(37)33-21-12-10-20(31)11-13-21/h4-5,7-16H,3,6,17H2,1-2H3,(H,33,37). The van der Waals surface area contributed by atoms with Gasteiger partial charge in [-0.2, -0.15) is 9.78 Å². The maximum Gasteiger partial charge on any atom is 0.282 e. The minimum atomic E-state index is -0.222. The van der Waals surface area contributed by atoms with E-state index >= 15 is 0 Å². The highest BCUT2D eigenvalue weighted by Crippen LogP contribution is 2.25. The van der Waals surface area contributed by atoms with Crippen LogP contribution in [0.4, 0.5) is 5.69 Å². The Morgan fingerprint density at radius 1 is 1.11 bits per heavy atom. The highest BCUT2D eigenvalue weighted by atomic mass is 79.9. The molecule has 2 aromatic heterocycles. The molecule has 5 rings (SSSR count). The third-order valence-electron chi connectivity index (χ3n) is 6.36. The average Bonchev–Trinajstić information content (AvgIpc) is 3.16. The Bertz CT molecular complexity index is 1760. The molecule has 3 aromatic carbocycles. The minimum Gasteiger partial charge on any atom is -0.335 e. The molecule has 192 valence electrons. The summed E-state index contributed by atoms with van der Waals surface area (Å²) in [6, 6.07) is 20.3. The number of para-hydroxylation sites is 1. The van der Waals surface area contributed by atoms with Gasteiger partial charge in [0.05, 0.1) is 17.1 Å². The van der Waals surface area contributed by atoms with E-state index in [0.29, 0.717) is 33.9 Å². The van der Waals surface area contributed by atoms with E-state index in [2.05, 4.69) is 26.3 Å². The molecule has 0 unspecified atom stereocenters. The quantitative estimate of drug-likeness (QED) is 0.218. The first kappa shape index (κ1) is 25.9. The maximum absolute atomic E-state index is 13.4. The summed E-state index contributed by atoms with van der Waals surface area (Å²) >= 11 is 9.40. The van der Waals surface area contributed by atoms with Crippen molar-refractivity contribution in [1.82, 2.24) is 14.2 Å². The van der Waals surface area contributed by atoms with Crippen molar-refractivity contribution < 1.29 is 4.79 Å². The van der Waals surface area contributed by atoms with Gasteiger partial charge in [-0.3, -0.25) is 9.59 Å². The molecule has 0 aliphatic rings. The predicted octanol–water partition coefficient (Wildman–Crippen LogP) is 6.55. The van der Waals surface area contributed by atoms with E-state index in [0.717, 1.165) is 33.1 Å². The number of hydrogen-bond acceptors (Lipinski definition) is 4. The van der Waals surface area contributed by atoms with Gasteiger partial charge in [0.15, 0.2) is 0 Å². The highest BCUT2D eigenvalue weighted by molar-refractivity contribution is 9.10. The SMILES string of the molecule is CCCc1nc2ccc(Br)cc2c(=O)n1N=Cc1c(C)n(CC(=O)Nc2ccc(Cl)cc2)c2ccccc12. The van der Waals surface area contributed by atoms with Crippen molar-refractivity contribution in [3.05, 3.63) is 104 Å². The van der Waals surface area contributed by atoms with Crippen LogP contribution in [0, 0.1) is 6.92 Å². The largest absolute Gasteiger partial charge is 0.335 e. The van der Waals surface area contributed by atoms with Crippen molar-refractivity contribution >= 4 is 67.1 Å². The molecule has 1 amide bonds. The second-order valence-corrected chi connectivity index (χ2v) is 10.3. The van der Waals surface area contributed by atoms with Crippen LogP contribution in [0.15, 0.2) is 81.1 Å². The lowest BCUT2D eigenvalue weighted by Gasteiger charge is -2.10. The zero-order chi connectivity index (χ0) is 26.8. The fraction of sp³-hybridized carbons (Fsp3) is 0.172. The maximum atomic E-state index is 13.4. The third-order valence-corrected chi connectivity index (χ3v) is 7.11. The van der Waals surface area contributed by atoms with Crippen molar-refractivity contribution in [1.29, 1.82) is 0 Å². The zero-order valence-corrected chi connectivity index (χ0v) is 23.3. The Morgan fingerprint density at radius 2 is 1.87 bits per heavy atom. The second-order valence-electron chi connectivity index (χ2n) is 8.96. The van der Waals surface area contributed by atoms with Gasteiger partial charge in [0.2, 0.25) is 5.91 Å². The van der Waals surface area contributed by atoms with Gasteiger partial charge in [-0.15, -0.1) is 0 Å².